The molecule has 0 N–H and O–H groups in total. The SMILES string of the molecule is CC(CC(CC(C)c1cccnc1)c1ccncc1)c1ccncc1. The molecule has 3 unspecified atom stereocenters. The third-order valence-corrected chi connectivity index (χ3v) is 4.98. The molecular formula is C22H25N3. The topological polar surface area (TPSA) is 38.7 Å². The Balaban J connectivity index is 1.78. The fourth-order valence-electron chi connectivity index (χ4n) is 3.49. The first kappa shape index (κ1) is 17.3. The van der Waals surface area contributed by atoms with Gasteiger partial charge in [-0.15, -0.1) is 0 Å². The van der Waals surface area contributed by atoms with E-state index in [4.69, 9.17) is 0 Å². The Bertz CT molecular complexity index is 697. The highest BCUT2D eigenvalue weighted by Gasteiger charge is 2.20. The molecule has 0 radical (unpaired) electrons. The molecular weight excluding hydrogens is 306 g/mol. The normalized spacial score (nSPS) is 14.6. The molecule has 3 rings (SSSR count). The first-order chi connectivity index (χ1) is 12.2. The van der Waals surface area contributed by atoms with E-state index < -0.39 is 0 Å². The maximum atomic E-state index is 4.28. The van der Waals surface area contributed by atoms with Crippen molar-refractivity contribution in [2.24, 2.45) is 0 Å². The Kier molecular flexibility index (Phi) is 5.89. The summed E-state index contributed by atoms with van der Waals surface area (Å²) in [6, 6.07) is 12.7. The van der Waals surface area contributed by atoms with Gasteiger partial charge in [-0.3, -0.25) is 15.0 Å². The molecule has 0 saturated heterocycles. The lowest BCUT2D eigenvalue weighted by Crippen LogP contribution is -2.09. The molecule has 0 amide bonds. The number of pyridine rings is 3. The first-order valence-electron chi connectivity index (χ1n) is 8.93. The summed E-state index contributed by atoms with van der Waals surface area (Å²) in [5, 5.41) is 0. The fraction of sp³-hybridized carbons (Fsp3) is 0.318. The van der Waals surface area contributed by atoms with Crippen LogP contribution in [0.3, 0.4) is 0 Å². The van der Waals surface area contributed by atoms with E-state index in [-0.39, 0.29) is 0 Å². The molecule has 0 spiro atoms. The van der Waals surface area contributed by atoms with Crippen LogP contribution in [0.25, 0.3) is 0 Å². The summed E-state index contributed by atoms with van der Waals surface area (Å²) in [4.78, 5) is 12.6. The molecule has 128 valence electrons. The molecule has 0 aliphatic carbocycles. The number of hydrogen-bond acceptors (Lipinski definition) is 3. The smallest absolute Gasteiger partial charge is 0.0302 e. The average molecular weight is 331 g/mol. The van der Waals surface area contributed by atoms with Crippen LogP contribution in [0.4, 0.5) is 0 Å². The van der Waals surface area contributed by atoms with E-state index in [1.807, 2.05) is 43.2 Å². The highest BCUT2D eigenvalue weighted by atomic mass is 14.6. The van der Waals surface area contributed by atoms with Crippen molar-refractivity contribution in [1.82, 2.24) is 15.0 Å². The molecule has 25 heavy (non-hydrogen) atoms. The zero-order valence-electron chi connectivity index (χ0n) is 14.9. The van der Waals surface area contributed by atoms with E-state index in [2.05, 4.69) is 59.1 Å². The van der Waals surface area contributed by atoms with Crippen molar-refractivity contribution >= 4 is 0 Å². The quantitative estimate of drug-likeness (QED) is 0.586. The van der Waals surface area contributed by atoms with Gasteiger partial charge in [0, 0.05) is 37.2 Å². The molecule has 0 bridgehead atoms. The van der Waals surface area contributed by atoms with E-state index in [0.29, 0.717) is 17.8 Å². The van der Waals surface area contributed by atoms with Crippen LogP contribution < -0.4 is 0 Å². The fourth-order valence-corrected chi connectivity index (χ4v) is 3.49. The van der Waals surface area contributed by atoms with Crippen LogP contribution in [0.15, 0.2) is 73.6 Å². The summed E-state index contributed by atoms with van der Waals surface area (Å²) in [6.07, 6.45) is 13.6. The van der Waals surface area contributed by atoms with E-state index in [0.717, 1.165) is 12.8 Å². The van der Waals surface area contributed by atoms with Gasteiger partial charge in [0.1, 0.15) is 0 Å². The second-order valence-electron chi connectivity index (χ2n) is 6.82. The highest BCUT2D eigenvalue weighted by molar-refractivity contribution is 5.22. The van der Waals surface area contributed by atoms with E-state index in [9.17, 15) is 0 Å². The lowest BCUT2D eigenvalue weighted by atomic mass is 9.80. The Morgan fingerprint density at radius 2 is 1.20 bits per heavy atom. The predicted octanol–water partition coefficient (Wildman–Crippen LogP) is 5.34. The Morgan fingerprint density at radius 1 is 0.640 bits per heavy atom. The van der Waals surface area contributed by atoms with Crippen LogP contribution in [0.2, 0.25) is 0 Å². The Hall–Kier alpha value is -2.55. The van der Waals surface area contributed by atoms with Crippen molar-refractivity contribution in [1.29, 1.82) is 0 Å². The summed E-state index contributed by atoms with van der Waals surface area (Å²) in [5.74, 6) is 1.44. The van der Waals surface area contributed by atoms with Crippen molar-refractivity contribution in [2.75, 3.05) is 0 Å². The molecule has 0 fully saturated rings. The Labute approximate surface area is 150 Å². The standard InChI is InChI=1S/C22H25N3/c1-17(19-5-10-23-11-6-19)14-22(20-7-12-24-13-8-20)15-18(2)21-4-3-9-25-16-21/h3-13,16-18,22H,14-15H2,1-2H3. The number of nitrogens with zero attached hydrogens (tertiary/aromatic N) is 3. The maximum absolute atomic E-state index is 4.28. The minimum Gasteiger partial charge on any atom is -0.265 e. The van der Waals surface area contributed by atoms with Gasteiger partial charge in [-0.25, -0.2) is 0 Å². The van der Waals surface area contributed by atoms with Gasteiger partial charge in [0.15, 0.2) is 0 Å². The summed E-state index contributed by atoms with van der Waals surface area (Å²) in [7, 11) is 0. The van der Waals surface area contributed by atoms with Crippen molar-refractivity contribution in [3.8, 4) is 0 Å². The monoisotopic (exact) mass is 331 g/mol. The van der Waals surface area contributed by atoms with Gasteiger partial charge < -0.3 is 0 Å². The number of aromatic nitrogens is 3. The number of hydrogen-bond donors (Lipinski definition) is 0. The molecule has 0 aliphatic rings. The number of rotatable bonds is 7. The van der Waals surface area contributed by atoms with E-state index in [1.165, 1.54) is 16.7 Å². The molecule has 3 aromatic rings. The Morgan fingerprint density at radius 3 is 1.76 bits per heavy atom. The van der Waals surface area contributed by atoms with Gasteiger partial charge in [-0.1, -0.05) is 19.9 Å². The van der Waals surface area contributed by atoms with Crippen molar-refractivity contribution in [3.63, 3.8) is 0 Å². The van der Waals surface area contributed by atoms with Crippen LogP contribution in [-0.2, 0) is 0 Å². The van der Waals surface area contributed by atoms with Crippen molar-refractivity contribution in [2.45, 2.75) is 44.4 Å². The summed E-state index contributed by atoms with van der Waals surface area (Å²) in [6.45, 7) is 4.60. The summed E-state index contributed by atoms with van der Waals surface area (Å²) < 4.78 is 0. The zero-order valence-corrected chi connectivity index (χ0v) is 14.9. The van der Waals surface area contributed by atoms with Gasteiger partial charge in [0.05, 0.1) is 0 Å². The van der Waals surface area contributed by atoms with Gasteiger partial charge in [-0.05, 0) is 77.6 Å². The largest absolute Gasteiger partial charge is 0.265 e. The van der Waals surface area contributed by atoms with Crippen molar-refractivity contribution < 1.29 is 0 Å². The molecule has 0 aliphatic heterocycles. The second kappa shape index (κ2) is 8.52. The van der Waals surface area contributed by atoms with Crippen LogP contribution in [0, 0.1) is 0 Å². The highest BCUT2D eigenvalue weighted by Crippen LogP contribution is 2.36. The summed E-state index contributed by atoms with van der Waals surface area (Å²) in [5.41, 5.74) is 4.02. The van der Waals surface area contributed by atoms with Crippen LogP contribution in [-0.4, -0.2) is 15.0 Å². The van der Waals surface area contributed by atoms with Crippen LogP contribution >= 0.6 is 0 Å². The molecule has 3 atom stereocenters. The van der Waals surface area contributed by atoms with Crippen LogP contribution in [0.5, 0.6) is 0 Å². The van der Waals surface area contributed by atoms with Gasteiger partial charge in [-0.2, -0.15) is 0 Å². The minimum atomic E-state index is 0.469. The molecule has 3 heterocycles. The van der Waals surface area contributed by atoms with Crippen LogP contribution in [0.1, 0.15) is 61.1 Å². The lowest BCUT2D eigenvalue weighted by Gasteiger charge is -2.25. The maximum Gasteiger partial charge on any atom is 0.0302 e. The predicted molar refractivity (Wildman–Crippen MR) is 102 cm³/mol. The minimum absolute atomic E-state index is 0.469. The molecule has 3 nitrogen and oxygen atoms in total. The first-order valence-corrected chi connectivity index (χ1v) is 8.93. The van der Waals surface area contributed by atoms with Gasteiger partial charge in [0.2, 0.25) is 0 Å². The molecule has 3 aromatic heterocycles. The van der Waals surface area contributed by atoms with E-state index in [1.54, 1.807) is 0 Å². The zero-order chi connectivity index (χ0) is 17.5. The molecule has 0 aromatic carbocycles. The third kappa shape index (κ3) is 4.72. The summed E-state index contributed by atoms with van der Waals surface area (Å²) >= 11 is 0. The second-order valence-corrected chi connectivity index (χ2v) is 6.82. The molecule has 3 heteroatoms. The van der Waals surface area contributed by atoms with Crippen molar-refractivity contribution in [3.05, 3.63) is 90.3 Å². The lowest BCUT2D eigenvalue weighted by molar-refractivity contribution is 0.488. The van der Waals surface area contributed by atoms with Gasteiger partial charge in [0.25, 0.3) is 0 Å². The van der Waals surface area contributed by atoms with E-state index >= 15 is 0 Å². The average Bonchev–Trinajstić information content (AvgIpc) is 2.69. The van der Waals surface area contributed by atoms with Gasteiger partial charge >= 0.3 is 0 Å². The third-order valence-electron chi connectivity index (χ3n) is 4.98. The molecule has 0 saturated carbocycles.